The third-order valence-electron chi connectivity index (χ3n) is 4.28. The molecule has 0 fully saturated rings. The van der Waals surface area contributed by atoms with Crippen LogP contribution in [0.1, 0.15) is 26.4 Å². The number of hydrogen-bond acceptors (Lipinski definition) is 6. The summed E-state index contributed by atoms with van der Waals surface area (Å²) in [6.07, 6.45) is 3.53. The lowest BCUT2D eigenvalue weighted by Gasteiger charge is -2.07. The molecule has 0 bridgehead atoms. The van der Waals surface area contributed by atoms with Crippen molar-refractivity contribution in [3.8, 4) is 10.6 Å². The van der Waals surface area contributed by atoms with Crippen molar-refractivity contribution in [2.24, 2.45) is 7.05 Å². The quantitative estimate of drug-likeness (QED) is 0.475. The zero-order valence-corrected chi connectivity index (χ0v) is 16.9. The van der Waals surface area contributed by atoms with Crippen molar-refractivity contribution < 1.29 is 14.3 Å². The SMILES string of the molecule is Cn1cc(-c2nc(C(=O)OCc3ccc(C(=O)Nc4ccccc4)cc3)cs2)cn1. The zero-order valence-electron chi connectivity index (χ0n) is 16.1. The average Bonchev–Trinajstić information content (AvgIpc) is 3.42. The molecule has 0 radical (unpaired) electrons. The van der Waals surface area contributed by atoms with Crippen LogP contribution in [0.25, 0.3) is 10.6 Å². The molecule has 0 spiro atoms. The summed E-state index contributed by atoms with van der Waals surface area (Å²) in [4.78, 5) is 28.9. The van der Waals surface area contributed by atoms with Crippen molar-refractivity contribution in [3.05, 3.63) is 89.2 Å². The second-order valence-electron chi connectivity index (χ2n) is 6.53. The molecular weight excluding hydrogens is 400 g/mol. The lowest BCUT2D eigenvalue weighted by molar-refractivity contribution is 0.0466. The topological polar surface area (TPSA) is 86.1 Å². The van der Waals surface area contributed by atoms with Crippen LogP contribution < -0.4 is 5.32 Å². The summed E-state index contributed by atoms with van der Waals surface area (Å²) < 4.78 is 7.03. The predicted octanol–water partition coefficient (Wildman–Crippen LogP) is 4.15. The third kappa shape index (κ3) is 4.61. The van der Waals surface area contributed by atoms with Crippen molar-refractivity contribution >= 4 is 28.9 Å². The first-order valence-electron chi connectivity index (χ1n) is 9.15. The van der Waals surface area contributed by atoms with Gasteiger partial charge in [-0.3, -0.25) is 9.48 Å². The van der Waals surface area contributed by atoms with Crippen LogP contribution in [-0.4, -0.2) is 26.6 Å². The van der Waals surface area contributed by atoms with Gasteiger partial charge in [0.05, 0.1) is 6.20 Å². The van der Waals surface area contributed by atoms with E-state index in [4.69, 9.17) is 4.74 Å². The number of benzene rings is 2. The molecule has 0 aliphatic rings. The first-order valence-corrected chi connectivity index (χ1v) is 10.0. The highest BCUT2D eigenvalue weighted by Gasteiger charge is 2.14. The molecule has 0 aliphatic carbocycles. The highest BCUT2D eigenvalue weighted by molar-refractivity contribution is 7.13. The molecule has 2 heterocycles. The van der Waals surface area contributed by atoms with Crippen LogP contribution in [0.4, 0.5) is 5.69 Å². The number of esters is 1. The normalized spacial score (nSPS) is 10.6. The lowest BCUT2D eigenvalue weighted by atomic mass is 10.1. The van der Waals surface area contributed by atoms with Crippen LogP contribution in [0.5, 0.6) is 0 Å². The smallest absolute Gasteiger partial charge is 0.358 e. The van der Waals surface area contributed by atoms with Gasteiger partial charge in [-0.15, -0.1) is 11.3 Å². The number of aryl methyl sites for hydroxylation is 1. The molecule has 2 aromatic heterocycles. The first kappa shape index (κ1) is 19.5. The van der Waals surface area contributed by atoms with Gasteiger partial charge < -0.3 is 10.1 Å². The standard InChI is InChI=1S/C22H18N4O3S/c1-26-12-17(11-23-26)21-25-19(14-30-21)22(28)29-13-15-7-9-16(10-8-15)20(27)24-18-5-3-2-4-6-18/h2-12,14H,13H2,1H3,(H,24,27). The molecule has 8 heteroatoms. The van der Waals surface area contributed by atoms with Crippen LogP contribution in [-0.2, 0) is 18.4 Å². The van der Waals surface area contributed by atoms with E-state index < -0.39 is 5.97 Å². The van der Waals surface area contributed by atoms with Gasteiger partial charge in [0.2, 0.25) is 0 Å². The number of carbonyl (C=O) groups is 2. The van der Waals surface area contributed by atoms with Crippen LogP contribution in [0.3, 0.4) is 0 Å². The Hall–Kier alpha value is -3.78. The molecule has 7 nitrogen and oxygen atoms in total. The Labute approximate surface area is 177 Å². The number of ether oxygens (including phenoxy) is 1. The number of thiazole rings is 1. The molecular formula is C22H18N4O3S. The number of para-hydroxylation sites is 1. The Morgan fingerprint density at radius 3 is 2.57 bits per heavy atom. The maximum atomic E-state index is 12.3. The Morgan fingerprint density at radius 1 is 1.10 bits per heavy atom. The van der Waals surface area contributed by atoms with Gasteiger partial charge in [0.25, 0.3) is 5.91 Å². The van der Waals surface area contributed by atoms with Crippen molar-refractivity contribution in [3.63, 3.8) is 0 Å². The Kier molecular flexibility index (Phi) is 5.67. The van der Waals surface area contributed by atoms with Crippen LogP contribution in [0, 0.1) is 0 Å². The van der Waals surface area contributed by atoms with E-state index in [1.807, 2.05) is 43.6 Å². The number of rotatable bonds is 6. The average molecular weight is 418 g/mol. The summed E-state index contributed by atoms with van der Waals surface area (Å²) in [7, 11) is 1.82. The highest BCUT2D eigenvalue weighted by Crippen LogP contribution is 2.23. The van der Waals surface area contributed by atoms with E-state index >= 15 is 0 Å². The second-order valence-corrected chi connectivity index (χ2v) is 7.39. The monoisotopic (exact) mass is 418 g/mol. The van der Waals surface area contributed by atoms with Gasteiger partial charge in [0.15, 0.2) is 5.69 Å². The number of carbonyl (C=O) groups excluding carboxylic acids is 2. The van der Waals surface area contributed by atoms with Crippen molar-refractivity contribution in [2.75, 3.05) is 5.32 Å². The first-order chi connectivity index (χ1) is 14.6. The second kappa shape index (κ2) is 8.71. The van der Waals surface area contributed by atoms with Crippen LogP contribution >= 0.6 is 11.3 Å². The molecule has 0 aliphatic heterocycles. The molecule has 0 atom stereocenters. The fourth-order valence-electron chi connectivity index (χ4n) is 2.73. The van der Waals surface area contributed by atoms with Crippen LogP contribution in [0.15, 0.2) is 72.4 Å². The van der Waals surface area contributed by atoms with Gasteiger partial charge in [-0.2, -0.15) is 5.10 Å². The van der Waals surface area contributed by atoms with Gasteiger partial charge in [-0.25, -0.2) is 9.78 Å². The number of anilines is 1. The maximum Gasteiger partial charge on any atom is 0.358 e. The number of hydrogen-bond donors (Lipinski definition) is 1. The van der Waals surface area contributed by atoms with Crippen LogP contribution in [0.2, 0.25) is 0 Å². The summed E-state index contributed by atoms with van der Waals surface area (Å²) in [6.45, 7) is 0.0964. The van der Waals surface area contributed by atoms with Gasteiger partial charge in [0.1, 0.15) is 11.6 Å². The maximum absolute atomic E-state index is 12.3. The lowest BCUT2D eigenvalue weighted by Crippen LogP contribution is -2.12. The van der Waals surface area contributed by atoms with E-state index in [0.29, 0.717) is 10.6 Å². The van der Waals surface area contributed by atoms with E-state index in [0.717, 1.165) is 16.8 Å². The fourth-order valence-corrected chi connectivity index (χ4v) is 3.50. The molecule has 4 aromatic rings. The molecule has 1 N–H and O–H groups in total. The Bertz CT molecular complexity index is 1170. The van der Waals surface area contributed by atoms with Gasteiger partial charge in [-0.1, -0.05) is 30.3 Å². The summed E-state index contributed by atoms with van der Waals surface area (Å²) in [6, 6.07) is 16.2. The molecule has 0 saturated carbocycles. The third-order valence-corrected chi connectivity index (χ3v) is 5.17. The van der Waals surface area contributed by atoms with Gasteiger partial charge in [-0.05, 0) is 29.8 Å². The van der Waals surface area contributed by atoms with Gasteiger partial charge in [0, 0.05) is 35.4 Å². The summed E-state index contributed by atoms with van der Waals surface area (Å²) in [5.41, 5.74) is 3.15. The van der Waals surface area contributed by atoms with Crippen molar-refractivity contribution in [2.45, 2.75) is 6.61 Å². The molecule has 4 rings (SSSR count). The molecule has 0 saturated heterocycles. The van der Waals surface area contributed by atoms with E-state index in [1.165, 1.54) is 11.3 Å². The fraction of sp³-hybridized carbons (Fsp3) is 0.0909. The van der Waals surface area contributed by atoms with Crippen molar-refractivity contribution in [1.29, 1.82) is 0 Å². The predicted molar refractivity (Wildman–Crippen MR) is 114 cm³/mol. The molecule has 0 unspecified atom stereocenters. The number of nitrogens with one attached hydrogen (secondary N) is 1. The van der Waals surface area contributed by atoms with E-state index in [1.54, 1.807) is 40.5 Å². The number of nitrogens with zero attached hydrogens (tertiary/aromatic N) is 3. The molecule has 2 aromatic carbocycles. The van der Waals surface area contributed by atoms with Crippen molar-refractivity contribution in [1.82, 2.24) is 14.8 Å². The minimum Gasteiger partial charge on any atom is -0.456 e. The number of amides is 1. The molecule has 150 valence electrons. The minimum absolute atomic E-state index is 0.0964. The Morgan fingerprint density at radius 2 is 1.87 bits per heavy atom. The Balaban J connectivity index is 1.33. The minimum atomic E-state index is -0.493. The number of aromatic nitrogens is 3. The summed E-state index contributed by atoms with van der Waals surface area (Å²) in [5.74, 6) is -0.692. The summed E-state index contributed by atoms with van der Waals surface area (Å²) >= 11 is 1.36. The molecule has 1 amide bonds. The molecule has 30 heavy (non-hydrogen) atoms. The van der Waals surface area contributed by atoms with E-state index in [-0.39, 0.29) is 18.2 Å². The zero-order chi connectivity index (χ0) is 20.9. The largest absolute Gasteiger partial charge is 0.456 e. The van der Waals surface area contributed by atoms with Gasteiger partial charge >= 0.3 is 5.97 Å². The highest BCUT2D eigenvalue weighted by atomic mass is 32.1. The summed E-state index contributed by atoms with van der Waals surface area (Å²) in [5, 5.41) is 9.31. The van der Waals surface area contributed by atoms with E-state index in [2.05, 4.69) is 15.4 Å². The van der Waals surface area contributed by atoms with E-state index in [9.17, 15) is 9.59 Å².